The van der Waals surface area contributed by atoms with E-state index in [4.69, 9.17) is 0 Å². The summed E-state index contributed by atoms with van der Waals surface area (Å²) in [6.45, 7) is 3.97. The Morgan fingerprint density at radius 3 is 2.29 bits per heavy atom. The molecule has 2 aromatic rings. The van der Waals surface area contributed by atoms with Crippen LogP contribution in [0.5, 0.6) is 0 Å². The molecule has 0 aliphatic heterocycles. The topological polar surface area (TPSA) is 89.3 Å². The molecule has 0 amide bonds. The largest absolute Gasteiger partial charge is 0.373 e. The Morgan fingerprint density at radius 2 is 1.79 bits per heavy atom. The molecule has 7 heteroatoms. The van der Waals surface area contributed by atoms with Crippen molar-refractivity contribution in [2.24, 2.45) is 0 Å². The monoisotopic (exact) mass is 348 g/mol. The zero-order valence-corrected chi connectivity index (χ0v) is 14.6. The van der Waals surface area contributed by atoms with Crippen molar-refractivity contribution in [3.63, 3.8) is 0 Å². The van der Waals surface area contributed by atoms with Gasteiger partial charge in [-0.2, -0.15) is 0 Å². The minimum Gasteiger partial charge on any atom is -0.373 e. The first-order valence-corrected chi connectivity index (χ1v) is 9.43. The summed E-state index contributed by atoms with van der Waals surface area (Å²) in [6, 6.07) is 11.8. The lowest BCUT2D eigenvalue weighted by Gasteiger charge is -2.19. The van der Waals surface area contributed by atoms with Crippen molar-refractivity contribution in [2.45, 2.75) is 31.2 Å². The van der Waals surface area contributed by atoms with E-state index >= 15 is 0 Å². The quantitative estimate of drug-likeness (QED) is 0.632. The Hall–Kier alpha value is -2.41. The summed E-state index contributed by atoms with van der Waals surface area (Å²) in [5.74, 6) is 0. The highest BCUT2D eigenvalue weighted by Crippen LogP contribution is 2.31. The fourth-order valence-corrected chi connectivity index (χ4v) is 3.06. The fourth-order valence-electron chi connectivity index (χ4n) is 2.42. The number of anilines is 1. The van der Waals surface area contributed by atoms with E-state index in [1.54, 1.807) is 0 Å². The Kier molecular flexibility index (Phi) is 5.23. The lowest BCUT2D eigenvalue weighted by atomic mass is 10.0. The summed E-state index contributed by atoms with van der Waals surface area (Å²) < 4.78 is 23.2. The number of hydrogen-bond donors (Lipinski definition) is 1. The van der Waals surface area contributed by atoms with Gasteiger partial charge in [-0.05, 0) is 31.0 Å². The van der Waals surface area contributed by atoms with Gasteiger partial charge in [-0.15, -0.1) is 0 Å². The highest BCUT2D eigenvalue weighted by atomic mass is 32.2. The lowest BCUT2D eigenvalue weighted by Crippen LogP contribution is -2.11. The molecule has 0 aliphatic carbocycles. The molecule has 1 N–H and O–H groups in total. The van der Waals surface area contributed by atoms with Crippen LogP contribution in [0.25, 0.3) is 0 Å². The Bertz CT molecular complexity index is 845. The first-order chi connectivity index (χ1) is 11.2. The smallest absolute Gasteiger partial charge is 0.293 e. The van der Waals surface area contributed by atoms with E-state index in [1.165, 1.54) is 12.1 Å². The second-order valence-corrected chi connectivity index (χ2v) is 7.74. The van der Waals surface area contributed by atoms with Crippen molar-refractivity contribution in [3.8, 4) is 0 Å². The molecule has 2 rings (SSSR count). The van der Waals surface area contributed by atoms with Gasteiger partial charge in [0.1, 0.15) is 5.69 Å². The van der Waals surface area contributed by atoms with Crippen LogP contribution < -0.4 is 5.32 Å². The minimum atomic E-state index is -3.50. The summed E-state index contributed by atoms with van der Waals surface area (Å²) in [4.78, 5) is 10.7. The fraction of sp³-hybridized carbons (Fsp3) is 0.294. The molecule has 0 spiro atoms. The second kappa shape index (κ2) is 7.00. The Morgan fingerprint density at radius 1 is 1.17 bits per heavy atom. The van der Waals surface area contributed by atoms with Crippen LogP contribution in [-0.4, -0.2) is 19.6 Å². The maximum Gasteiger partial charge on any atom is 0.293 e. The van der Waals surface area contributed by atoms with Crippen molar-refractivity contribution in [2.75, 3.05) is 11.6 Å². The van der Waals surface area contributed by atoms with Gasteiger partial charge in [0.15, 0.2) is 9.84 Å². The summed E-state index contributed by atoms with van der Waals surface area (Å²) in [6.07, 6.45) is 1.76. The predicted octanol–water partition coefficient (Wildman–Crippen LogP) is 3.87. The molecule has 128 valence electrons. The first kappa shape index (κ1) is 17.9. The molecule has 0 aromatic heterocycles. The zero-order chi connectivity index (χ0) is 17.9. The maximum atomic E-state index is 11.6. The number of nitrogens with zero attached hydrogens (tertiary/aromatic N) is 1. The molecule has 0 unspecified atom stereocenters. The summed E-state index contributed by atoms with van der Waals surface area (Å²) >= 11 is 0. The molecule has 0 saturated heterocycles. The van der Waals surface area contributed by atoms with E-state index in [0.717, 1.165) is 29.9 Å². The molecular weight excluding hydrogens is 328 g/mol. The van der Waals surface area contributed by atoms with Crippen LogP contribution in [0.3, 0.4) is 0 Å². The number of sulfone groups is 1. The number of nitro benzene ring substituents is 1. The zero-order valence-electron chi connectivity index (χ0n) is 13.8. The van der Waals surface area contributed by atoms with Gasteiger partial charge in [0, 0.05) is 12.3 Å². The average Bonchev–Trinajstić information content (AvgIpc) is 2.52. The number of nitro groups is 1. The minimum absolute atomic E-state index is 0.0665. The van der Waals surface area contributed by atoms with Crippen LogP contribution in [0.15, 0.2) is 47.4 Å². The van der Waals surface area contributed by atoms with Crippen LogP contribution in [0, 0.1) is 17.0 Å². The number of rotatable bonds is 6. The van der Waals surface area contributed by atoms with E-state index in [0.29, 0.717) is 5.69 Å². The van der Waals surface area contributed by atoms with Gasteiger partial charge >= 0.3 is 0 Å². The summed E-state index contributed by atoms with van der Waals surface area (Å²) in [5.41, 5.74) is 2.21. The molecule has 6 nitrogen and oxygen atoms in total. The van der Waals surface area contributed by atoms with Gasteiger partial charge in [-0.3, -0.25) is 10.1 Å². The maximum absolute atomic E-state index is 11.6. The van der Waals surface area contributed by atoms with Crippen molar-refractivity contribution >= 4 is 21.2 Å². The van der Waals surface area contributed by atoms with Crippen molar-refractivity contribution in [1.82, 2.24) is 0 Å². The predicted molar refractivity (Wildman–Crippen MR) is 94.0 cm³/mol. The third kappa shape index (κ3) is 4.11. The van der Waals surface area contributed by atoms with E-state index in [2.05, 4.69) is 5.32 Å². The average molecular weight is 348 g/mol. The molecule has 0 radical (unpaired) electrons. The number of hydrogen-bond acceptors (Lipinski definition) is 5. The lowest BCUT2D eigenvalue weighted by molar-refractivity contribution is -0.384. The molecule has 0 aliphatic rings. The Balaban J connectivity index is 2.40. The van der Waals surface area contributed by atoms with Crippen molar-refractivity contribution in [1.29, 1.82) is 0 Å². The van der Waals surface area contributed by atoms with E-state index < -0.39 is 14.8 Å². The number of benzene rings is 2. The van der Waals surface area contributed by atoms with Gasteiger partial charge in [0.2, 0.25) is 0 Å². The van der Waals surface area contributed by atoms with Crippen LogP contribution in [0.4, 0.5) is 11.4 Å². The molecule has 2 aromatic carbocycles. The third-order valence-corrected chi connectivity index (χ3v) is 4.92. The van der Waals surface area contributed by atoms with E-state index in [1.807, 2.05) is 38.1 Å². The highest BCUT2D eigenvalue weighted by Gasteiger charge is 2.21. The normalized spacial score (nSPS) is 12.6. The van der Waals surface area contributed by atoms with Gasteiger partial charge < -0.3 is 5.32 Å². The highest BCUT2D eigenvalue weighted by molar-refractivity contribution is 7.90. The molecular formula is C17H20N2O4S. The standard InChI is InChI=1S/C17H20N2O4S/c1-4-15(13-7-5-12(2)6-8-13)18-16-10-9-14(24(3,22)23)11-17(16)19(20)21/h5-11,15,18H,4H2,1-3H3/t15-/m0/s1. The third-order valence-electron chi connectivity index (χ3n) is 3.81. The van der Waals surface area contributed by atoms with Gasteiger partial charge in [0.25, 0.3) is 5.69 Å². The first-order valence-electron chi connectivity index (χ1n) is 7.54. The van der Waals surface area contributed by atoms with Crippen LogP contribution in [0.1, 0.15) is 30.5 Å². The molecule has 1 atom stereocenters. The summed E-state index contributed by atoms with van der Waals surface area (Å²) in [7, 11) is -3.50. The SMILES string of the molecule is CC[C@H](Nc1ccc(S(C)(=O)=O)cc1[N+](=O)[O-])c1ccc(C)cc1. The van der Waals surface area contributed by atoms with Gasteiger partial charge in [0.05, 0.1) is 15.9 Å². The van der Waals surface area contributed by atoms with E-state index in [9.17, 15) is 18.5 Å². The molecule has 0 fully saturated rings. The number of aryl methyl sites for hydroxylation is 1. The Labute approximate surface area is 141 Å². The van der Waals surface area contributed by atoms with Gasteiger partial charge in [-0.25, -0.2) is 8.42 Å². The molecule has 0 bridgehead atoms. The van der Waals surface area contributed by atoms with Crippen LogP contribution in [0.2, 0.25) is 0 Å². The van der Waals surface area contributed by atoms with E-state index in [-0.39, 0.29) is 16.6 Å². The van der Waals surface area contributed by atoms with Crippen LogP contribution in [-0.2, 0) is 9.84 Å². The second-order valence-electron chi connectivity index (χ2n) is 5.72. The van der Waals surface area contributed by atoms with Crippen LogP contribution >= 0.6 is 0 Å². The van der Waals surface area contributed by atoms with Crippen molar-refractivity contribution < 1.29 is 13.3 Å². The molecule has 24 heavy (non-hydrogen) atoms. The summed E-state index contributed by atoms with van der Waals surface area (Å²) in [5, 5.41) is 14.5. The molecule has 0 saturated carbocycles. The van der Waals surface area contributed by atoms with Gasteiger partial charge in [-0.1, -0.05) is 36.8 Å². The number of nitrogens with one attached hydrogen (secondary N) is 1. The molecule has 0 heterocycles. The van der Waals surface area contributed by atoms with Crippen molar-refractivity contribution in [3.05, 3.63) is 63.7 Å².